The molecule has 0 N–H and O–H groups in total. The smallest absolute Gasteiger partial charge is 0.303 e. The molecule has 113 heavy (non-hydrogen) atoms. The lowest BCUT2D eigenvalue weighted by Gasteiger charge is -2.52. The average molecular weight is 1640 g/mol. The van der Waals surface area contributed by atoms with E-state index < -0.39 is 221 Å². The number of unbranched alkanes of at least 4 members (excludes halogenated alkanes) is 8. The predicted octanol–water partition coefficient (Wildman–Crippen LogP) is 2.61. The molecule has 0 aliphatic carbocycles. The highest BCUT2D eigenvalue weighted by atomic mass is 16.8. The Bertz CT molecular complexity index is 2660. The number of hydrogen-bond acceptors (Lipinski definition) is 37. The van der Waals surface area contributed by atoms with Gasteiger partial charge in [0.05, 0.1) is 46.2 Å². The highest BCUT2D eigenvalue weighted by molar-refractivity contribution is 5.66. The first-order chi connectivity index (χ1) is 55.0. The fourth-order valence-electron chi connectivity index (χ4n) is 16.6. The molecular weight excluding hydrogens is 1510 g/mol. The summed E-state index contributed by atoms with van der Waals surface area (Å²) in [6.07, 6.45) is -30.5. The molecule has 39 nitrogen and oxygen atoms in total. The van der Waals surface area contributed by atoms with Gasteiger partial charge >= 0.3 is 5.97 Å². The van der Waals surface area contributed by atoms with Gasteiger partial charge in [-0.05, 0) is 18.4 Å². The van der Waals surface area contributed by atoms with Crippen LogP contribution in [-0.4, -0.2) is 415 Å². The quantitative estimate of drug-likeness (QED) is 0.0280. The van der Waals surface area contributed by atoms with Crippen molar-refractivity contribution in [1.29, 1.82) is 0 Å². The maximum atomic E-state index is 13.7. The molecule has 0 saturated carbocycles. The van der Waals surface area contributed by atoms with Gasteiger partial charge in [0, 0.05) is 160 Å². The summed E-state index contributed by atoms with van der Waals surface area (Å²) in [6, 6.07) is 0. The van der Waals surface area contributed by atoms with Gasteiger partial charge in [-0.25, -0.2) is 0 Å². The Labute approximate surface area is 664 Å². The summed E-state index contributed by atoms with van der Waals surface area (Å²) in [7, 11) is 28.4. The normalized spacial score (nSPS) is 41.4. The molecule has 1 unspecified atom stereocenters. The second-order valence-electron chi connectivity index (χ2n) is 28.6. The zero-order valence-electron chi connectivity index (χ0n) is 69.5. The van der Waals surface area contributed by atoms with E-state index in [4.69, 9.17) is 171 Å². The number of hydrogen-bond donors (Lipinski definition) is 0. The molecule has 21 fully saturated rings. The van der Waals surface area contributed by atoms with Crippen molar-refractivity contribution < 1.29 is 171 Å². The number of nitrogens with zero attached hydrogens (tertiary/aromatic N) is 3. The van der Waals surface area contributed by atoms with Crippen LogP contribution in [0.25, 0.3) is 10.4 Å². The van der Waals surface area contributed by atoms with Crippen LogP contribution in [0, 0.1) is 0 Å². The summed E-state index contributed by atoms with van der Waals surface area (Å²) >= 11 is 0. The third-order valence-corrected chi connectivity index (χ3v) is 21.8. The van der Waals surface area contributed by atoms with Crippen molar-refractivity contribution in [2.45, 2.75) is 280 Å². The van der Waals surface area contributed by atoms with E-state index in [0.717, 1.165) is 51.4 Å². The molecular formula is C74H131N3O36. The third kappa shape index (κ3) is 24.0. The number of ether oxygens (including phenoxy) is 35. The van der Waals surface area contributed by atoms with Gasteiger partial charge in [-0.3, -0.25) is 4.79 Å². The van der Waals surface area contributed by atoms with Gasteiger partial charge in [0.15, 0.2) is 50.1 Å². The second kappa shape index (κ2) is 50.0. The summed E-state index contributed by atoms with van der Waals surface area (Å²) in [4.78, 5) is 16.6. The van der Waals surface area contributed by atoms with Crippen molar-refractivity contribution in [2.24, 2.45) is 5.11 Å². The minimum atomic E-state index is -1.40. The minimum Gasteiger partial charge on any atom is -0.457 e. The lowest BCUT2D eigenvalue weighted by atomic mass is 9.94. The number of esters is 1. The Hall–Kier alpha value is -2.58. The zero-order chi connectivity index (χ0) is 81.7. The summed E-state index contributed by atoms with van der Waals surface area (Å²) in [5.41, 5.74) is 8.68. The Kier molecular flexibility index (Phi) is 42.4. The largest absolute Gasteiger partial charge is 0.457 e. The van der Waals surface area contributed by atoms with Gasteiger partial charge in [-0.2, -0.15) is 0 Å². The van der Waals surface area contributed by atoms with Crippen LogP contribution in [0.1, 0.15) is 64.7 Å². The molecule has 14 bridgehead atoms. The first-order valence-corrected chi connectivity index (χ1v) is 38.8. The standard InChI is InChI=1S/C74H131N3O36/c1-39(78)99-60-53-46(38-85-8)105-73(66(60)97-20)111-51-44(36-83-6)103-71(64(95-18)58(51)90-13)109-49-42(34-81-4)101-69(62(93-16)56(49)88-11)107-47-40(32-79-2)100-68(61(92-15)54(47)86-9)108-48-41(33-80-3)102-70(63(94-17)55(48)87-10)110-50-43(35-82-5)104-72(65(96-19)57(50)89-12)112-52-45(37-84-7)106-74(113-53)67(59(52)91-14)98-31-29-27-25-23-21-22-24-26-28-30-76-77-75/h40-74H,21-38H2,1-20H3/t40-,41-,42-,43-,44-,45-,46-,47-,48-,49-,50-,51-,52-,53-,54+,55+,56?,57+,58+,59+,60+,61-,62-,63-,64-,65-,66-,67-,68-,69-,70-,71-,72-,73-,74-/m1/s1. The Morgan fingerprint density at radius 1 is 0.265 bits per heavy atom. The van der Waals surface area contributed by atoms with Crippen LogP contribution in [-0.2, 0) is 171 Å². The molecule has 0 radical (unpaired) electrons. The third-order valence-electron chi connectivity index (χ3n) is 21.8. The Balaban J connectivity index is 1.24. The van der Waals surface area contributed by atoms with Crippen LogP contribution in [0.15, 0.2) is 5.11 Å². The molecule has 658 valence electrons. The average Bonchev–Trinajstić information content (AvgIpc) is 0.802. The van der Waals surface area contributed by atoms with Crippen LogP contribution in [0.4, 0.5) is 0 Å². The maximum absolute atomic E-state index is 13.7. The predicted molar refractivity (Wildman–Crippen MR) is 388 cm³/mol. The summed E-state index contributed by atoms with van der Waals surface area (Å²) in [5.74, 6) is -0.698. The van der Waals surface area contributed by atoms with Crippen molar-refractivity contribution in [2.75, 3.05) is 194 Å². The van der Waals surface area contributed by atoms with Gasteiger partial charge in [-0.15, -0.1) is 0 Å². The van der Waals surface area contributed by atoms with Crippen LogP contribution in [0.3, 0.4) is 0 Å². The maximum Gasteiger partial charge on any atom is 0.303 e. The number of carbonyl (C=O) groups excluding carboxylic acids is 1. The van der Waals surface area contributed by atoms with Crippen LogP contribution in [0.2, 0.25) is 0 Å². The van der Waals surface area contributed by atoms with Crippen LogP contribution in [0.5, 0.6) is 0 Å². The molecule has 35 atom stereocenters. The molecule has 21 aliphatic rings. The highest BCUT2D eigenvalue weighted by Gasteiger charge is 2.63. The van der Waals surface area contributed by atoms with Crippen molar-refractivity contribution >= 4 is 5.97 Å². The van der Waals surface area contributed by atoms with E-state index in [0.29, 0.717) is 13.0 Å². The fourth-order valence-corrected chi connectivity index (χ4v) is 16.6. The van der Waals surface area contributed by atoms with Gasteiger partial charge in [0.25, 0.3) is 0 Å². The van der Waals surface area contributed by atoms with Crippen LogP contribution < -0.4 is 0 Å². The van der Waals surface area contributed by atoms with Crippen LogP contribution >= 0.6 is 0 Å². The lowest BCUT2D eigenvalue weighted by Crippen LogP contribution is -2.69. The van der Waals surface area contributed by atoms with Crippen molar-refractivity contribution in [3.63, 3.8) is 0 Å². The molecule has 21 aliphatic heterocycles. The van der Waals surface area contributed by atoms with Crippen molar-refractivity contribution in [3.8, 4) is 0 Å². The fraction of sp³-hybridized carbons (Fsp3) is 0.986. The molecule has 21 saturated heterocycles. The molecule has 21 heterocycles. The molecule has 0 aromatic heterocycles. The number of carbonyl (C=O) groups is 1. The molecule has 0 amide bonds. The highest BCUT2D eigenvalue weighted by Crippen LogP contribution is 2.44. The van der Waals surface area contributed by atoms with Gasteiger partial charge < -0.3 is 166 Å². The number of azide groups is 1. The van der Waals surface area contributed by atoms with Crippen molar-refractivity contribution in [3.05, 3.63) is 10.4 Å². The minimum absolute atomic E-state index is 0.0581. The van der Waals surface area contributed by atoms with E-state index in [1.54, 1.807) is 0 Å². The summed E-state index contributed by atoms with van der Waals surface area (Å²) in [6.45, 7) is 1.34. The van der Waals surface area contributed by atoms with E-state index in [2.05, 4.69) is 10.0 Å². The molecule has 0 aromatic carbocycles. The first kappa shape index (κ1) is 95.9. The topological polar surface area (TPSA) is 389 Å². The van der Waals surface area contributed by atoms with E-state index >= 15 is 0 Å². The van der Waals surface area contributed by atoms with Gasteiger partial charge in [0.2, 0.25) is 0 Å². The summed E-state index contributed by atoms with van der Waals surface area (Å²) in [5, 5.41) is 3.66. The lowest BCUT2D eigenvalue weighted by molar-refractivity contribution is -0.403. The van der Waals surface area contributed by atoms with E-state index in [-0.39, 0.29) is 52.9 Å². The second-order valence-corrected chi connectivity index (χ2v) is 28.6. The number of methoxy groups -OCH3 is 19. The Morgan fingerprint density at radius 3 is 0.673 bits per heavy atom. The SMILES string of the molecule is COC[C@H]1O[C@@H]2O[C@H]3C(OC)[C@@H](OC)[C@@H](O[C@H]4[C@H](OC)[C@@H](OC)[C@@H](O[C@H]5[C@H](OC)[C@@H](OC)[C@@H](O[C@H]6[C@H](OC)[C@@H](OC)[C@@H](O[C@H]7[C@H](OC)[C@@H](OCCCCCCCCCCCN=[N+]=[N-])[C@@H](O[C@H]8[C@H](OC(C)=O)[C@@H](OC)[C@@H](O[C@H]1[C@H](OC)[C@H]2OC)O[C@@H]8COC)O[C@@H]7COC)O[C@@H]6COC)O[C@@H]5COC)O[C@@H]4COC)O[C@@H]3COC. The number of rotatable bonds is 40. The molecule has 0 spiro atoms. The molecule has 39 heteroatoms. The first-order valence-electron chi connectivity index (χ1n) is 38.8. The van der Waals surface area contributed by atoms with Gasteiger partial charge in [0.1, 0.15) is 165 Å². The van der Waals surface area contributed by atoms with E-state index in [9.17, 15) is 4.79 Å². The van der Waals surface area contributed by atoms with E-state index in [1.807, 2.05) is 0 Å². The van der Waals surface area contributed by atoms with Crippen molar-refractivity contribution in [1.82, 2.24) is 0 Å². The monoisotopic (exact) mass is 1640 g/mol. The molecule has 0 aromatic rings. The molecule has 21 rings (SSSR count). The van der Waals surface area contributed by atoms with Gasteiger partial charge in [-0.1, -0.05) is 50.1 Å². The summed E-state index contributed by atoms with van der Waals surface area (Å²) < 4.78 is 229. The Morgan fingerprint density at radius 2 is 0.460 bits per heavy atom. The van der Waals surface area contributed by atoms with E-state index in [1.165, 1.54) is 142 Å². The zero-order valence-corrected chi connectivity index (χ0v) is 69.5.